The maximum atomic E-state index is 12.9. The number of nitrogens with zero attached hydrogens (tertiary/aromatic N) is 5. The van der Waals surface area contributed by atoms with Crippen molar-refractivity contribution in [1.29, 1.82) is 0 Å². The van der Waals surface area contributed by atoms with E-state index in [-0.39, 0.29) is 11.6 Å². The van der Waals surface area contributed by atoms with E-state index in [0.717, 1.165) is 22.5 Å². The van der Waals surface area contributed by atoms with Gasteiger partial charge in [0, 0.05) is 36.3 Å². The summed E-state index contributed by atoms with van der Waals surface area (Å²) in [5, 5.41) is 12.1. The Morgan fingerprint density at radius 1 is 0.968 bits per heavy atom. The average Bonchev–Trinajstić information content (AvgIpc) is 3.40. The van der Waals surface area contributed by atoms with Crippen LogP contribution in [-0.2, 0) is 6.54 Å². The van der Waals surface area contributed by atoms with Crippen molar-refractivity contribution in [2.45, 2.75) is 6.54 Å². The van der Waals surface area contributed by atoms with Crippen molar-refractivity contribution in [2.75, 3.05) is 0 Å². The van der Waals surface area contributed by atoms with Crippen molar-refractivity contribution in [3.8, 4) is 16.9 Å². The molecule has 0 aliphatic heterocycles. The van der Waals surface area contributed by atoms with Gasteiger partial charge in [-0.15, -0.1) is 0 Å². The van der Waals surface area contributed by atoms with E-state index in [1.807, 2.05) is 71.5 Å². The molecule has 152 valence electrons. The highest BCUT2D eigenvalue weighted by molar-refractivity contribution is 9.10. The number of rotatable bonds is 5. The number of amides is 1. The molecule has 0 aliphatic rings. The summed E-state index contributed by atoms with van der Waals surface area (Å²) in [7, 11) is 0. The molecule has 2 aromatic carbocycles. The Labute approximate surface area is 186 Å². The molecule has 0 atom stereocenters. The van der Waals surface area contributed by atoms with Gasteiger partial charge in [0.15, 0.2) is 11.3 Å². The van der Waals surface area contributed by atoms with Crippen LogP contribution in [0.4, 0.5) is 0 Å². The van der Waals surface area contributed by atoms with Crippen LogP contribution in [-0.4, -0.2) is 30.3 Å². The lowest BCUT2D eigenvalue weighted by Crippen LogP contribution is -2.23. The van der Waals surface area contributed by atoms with Crippen LogP contribution < -0.4 is 5.32 Å². The van der Waals surface area contributed by atoms with E-state index in [9.17, 15) is 4.79 Å². The highest BCUT2D eigenvalue weighted by atomic mass is 79.9. The second-order valence-corrected chi connectivity index (χ2v) is 7.68. The highest BCUT2D eigenvalue weighted by Gasteiger charge is 2.19. The zero-order chi connectivity index (χ0) is 21.2. The first-order valence-electron chi connectivity index (χ1n) is 9.67. The number of nitrogens with one attached hydrogen (secondary N) is 1. The Morgan fingerprint density at radius 3 is 2.45 bits per heavy atom. The Hall–Kier alpha value is -3.78. The minimum atomic E-state index is -0.288. The number of hydrogen-bond acceptors (Lipinski definition) is 4. The number of benzene rings is 2. The van der Waals surface area contributed by atoms with Gasteiger partial charge < -0.3 is 5.32 Å². The summed E-state index contributed by atoms with van der Waals surface area (Å²) in [6, 6.07) is 21.6. The first-order valence-corrected chi connectivity index (χ1v) is 10.5. The van der Waals surface area contributed by atoms with Crippen molar-refractivity contribution in [3.05, 3.63) is 101 Å². The van der Waals surface area contributed by atoms with Gasteiger partial charge >= 0.3 is 0 Å². The molecule has 0 bridgehead atoms. The van der Waals surface area contributed by atoms with E-state index in [0.29, 0.717) is 16.7 Å². The standard InChI is InChI=1S/C23H17BrN6O/c24-19-21(28-29-13-7-12-25-22(19)29)23(31)26-14-17-15-30(18-10-5-2-6-11-18)27-20(17)16-8-3-1-4-9-16/h1-13,15H,14H2,(H,26,31). The molecule has 1 N–H and O–H groups in total. The average molecular weight is 473 g/mol. The summed E-state index contributed by atoms with van der Waals surface area (Å²) in [4.78, 5) is 17.1. The van der Waals surface area contributed by atoms with Crippen LogP contribution in [0.15, 0.2) is 89.8 Å². The number of para-hydroxylation sites is 1. The number of aromatic nitrogens is 5. The van der Waals surface area contributed by atoms with E-state index < -0.39 is 0 Å². The minimum Gasteiger partial charge on any atom is -0.346 e. The molecule has 0 saturated heterocycles. The van der Waals surface area contributed by atoms with Gasteiger partial charge in [0.2, 0.25) is 0 Å². The maximum Gasteiger partial charge on any atom is 0.273 e. The molecule has 3 heterocycles. The van der Waals surface area contributed by atoms with E-state index in [4.69, 9.17) is 5.10 Å². The molecule has 31 heavy (non-hydrogen) atoms. The highest BCUT2D eigenvalue weighted by Crippen LogP contribution is 2.24. The van der Waals surface area contributed by atoms with Crippen molar-refractivity contribution >= 4 is 27.5 Å². The molecule has 1 amide bonds. The maximum absolute atomic E-state index is 12.9. The summed E-state index contributed by atoms with van der Waals surface area (Å²) in [5.74, 6) is -0.288. The van der Waals surface area contributed by atoms with Crippen molar-refractivity contribution in [2.24, 2.45) is 0 Å². The zero-order valence-electron chi connectivity index (χ0n) is 16.3. The fraction of sp³-hybridized carbons (Fsp3) is 0.0435. The lowest BCUT2D eigenvalue weighted by molar-refractivity contribution is 0.0945. The third kappa shape index (κ3) is 3.73. The molecule has 5 rings (SSSR count). The van der Waals surface area contributed by atoms with Gasteiger partial charge in [-0.2, -0.15) is 10.2 Å². The summed E-state index contributed by atoms with van der Waals surface area (Å²) in [6.07, 6.45) is 5.35. The summed E-state index contributed by atoms with van der Waals surface area (Å²) in [6.45, 7) is 0.309. The lowest BCUT2D eigenvalue weighted by atomic mass is 10.1. The predicted molar refractivity (Wildman–Crippen MR) is 121 cm³/mol. The molecule has 5 aromatic rings. The number of carbonyl (C=O) groups excluding carboxylic acids is 1. The van der Waals surface area contributed by atoms with Crippen LogP contribution in [0.5, 0.6) is 0 Å². The van der Waals surface area contributed by atoms with Crippen molar-refractivity contribution in [3.63, 3.8) is 0 Å². The van der Waals surface area contributed by atoms with E-state index in [1.165, 1.54) is 0 Å². The number of fused-ring (bicyclic) bond motifs is 1. The van der Waals surface area contributed by atoms with Crippen LogP contribution in [0, 0.1) is 0 Å². The quantitative estimate of drug-likeness (QED) is 0.414. The second kappa shape index (κ2) is 8.16. The summed E-state index contributed by atoms with van der Waals surface area (Å²) in [5.41, 5.74) is 4.54. The van der Waals surface area contributed by atoms with Crippen LogP contribution in [0.2, 0.25) is 0 Å². The van der Waals surface area contributed by atoms with Crippen LogP contribution in [0.1, 0.15) is 16.1 Å². The Balaban J connectivity index is 1.46. The van der Waals surface area contributed by atoms with E-state index >= 15 is 0 Å². The molecular weight excluding hydrogens is 456 g/mol. The molecule has 0 aliphatic carbocycles. The van der Waals surface area contributed by atoms with E-state index in [2.05, 4.69) is 31.3 Å². The van der Waals surface area contributed by atoms with Crippen LogP contribution in [0.25, 0.3) is 22.6 Å². The molecule has 7 nitrogen and oxygen atoms in total. The number of hydrogen-bond donors (Lipinski definition) is 1. The number of carbonyl (C=O) groups is 1. The fourth-order valence-corrected chi connectivity index (χ4v) is 3.90. The fourth-order valence-electron chi connectivity index (χ4n) is 3.35. The van der Waals surface area contributed by atoms with Gasteiger partial charge in [0.05, 0.1) is 15.9 Å². The van der Waals surface area contributed by atoms with Crippen molar-refractivity contribution in [1.82, 2.24) is 29.7 Å². The van der Waals surface area contributed by atoms with Gasteiger partial charge in [-0.25, -0.2) is 14.2 Å². The van der Waals surface area contributed by atoms with E-state index in [1.54, 1.807) is 23.0 Å². The molecule has 0 saturated carbocycles. The summed E-state index contributed by atoms with van der Waals surface area (Å²) < 4.78 is 3.96. The molecule has 0 unspecified atom stereocenters. The first kappa shape index (κ1) is 19.2. The first-order chi connectivity index (χ1) is 15.2. The third-order valence-electron chi connectivity index (χ3n) is 4.85. The smallest absolute Gasteiger partial charge is 0.273 e. The minimum absolute atomic E-state index is 0.287. The van der Waals surface area contributed by atoms with Gasteiger partial charge in [0.1, 0.15) is 0 Å². The third-order valence-corrected chi connectivity index (χ3v) is 5.58. The monoisotopic (exact) mass is 472 g/mol. The molecule has 3 aromatic heterocycles. The lowest BCUT2D eigenvalue weighted by Gasteiger charge is -2.04. The molecule has 0 fully saturated rings. The second-order valence-electron chi connectivity index (χ2n) is 6.88. The largest absolute Gasteiger partial charge is 0.346 e. The van der Waals surface area contributed by atoms with Crippen LogP contribution in [0.3, 0.4) is 0 Å². The number of halogens is 1. The summed E-state index contributed by atoms with van der Waals surface area (Å²) >= 11 is 3.44. The van der Waals surface area contributed by atoms with Gasteiger partial charge in [0.25, 0.3) is 5.91 Å². The predicted octanol–water partition coefficient (Wildman–Crippen LogP) is 4.27. The molecular formula is C23H17BrN6O. The molecule has 0 radical (unpaired) electrons. The Kier molecular flexibility index (Phi) is 5.05. The Bertz CT molecular complexity index is 1360. The zero-order valence-corrected chi connectivity index (χ0v) is 17.9. The van der Waals surface area contributed by atoms with Gasteiger partial charge in [-0.3, -0.25) is 4.79 Å². The van der Waals surface area contributed by atoms with Gasteiger partial charge in [-0.1, -0.05) is 48.5 Å². The van der Waals surface area contributed by atoms with Crippen LogP contribution >= 0.6 is 15.9 Å². The SMILES string of the molecule is O=C(NCc1cn(-c2ccccc2)nc1-c1ccccc1)c1nn2cccnc2c1Br. The topological polar surface area (TPSA) is 77.1 Å². The molecule has 8 heteroatoms. The van der Waals surface area contributed by atoms with Gasteiger partial charge in [-0.05, 0) is 34.1 Å². The normalized spacial score (nSPS) is 11.0. The molecule has 0 spiro atoms. The Morgan fingerprint density at radius 2 is 1.71 bits per heavy atom. The van der Waals surface area contributed by atoms with Crippen molar-refractivity contribution < 1.29 is 4.79 Å².